The van der Waals surface area contributed by atoms with E-state index in [1.54, 1.807) is 0 Å². The summed E-state index contributed by atoms with van der Waals surface area (Å²) in [5, 5.41) is 2.87. The van der Waals surface area contributed by atoms with Crippen LogP contribution in [0.25, 0.3) is 0 Å². The first-order valence-electron chi connectivity index (χ1n) is 5.41. The summed E-state index contributed by atoms with van der Waals surface area (Å²) in [6.45, 7) is 3.36. The molecule has 1 saturated heterocycles. The van der Waals surface area contributed by atoms with Crippen molar-refractivity contribution >= 4 is 5.91 Å². The van der Waals surface area contributed by atoms with Crippen molar-refractivity contribution in [2.24, 2.45) is 5.73 Å². The lowest BCUT2D eigenvalue weighted by Gasteiger charge is -2.12. The Morgan fingerprint density at radius 3 is 2.93 bits per heavy atom. The molecule has 0 radical (unpaired) electrons. The van der Waals surface area contributed by atoms with Gasteiger partial charge in [-0.05, 0) is 19.3 Å². The molecule has 1 rings (SSSR count). The van der Waals surface area contributed by atoms with Crippen LogP contribution in [-0.2, 0) is 9.53 Å². The van der Waals surface area contributed by atoms with Crippen molar-refractivity contribution in [1.29, 1.82) is 0 Å². The molecule has 0 aromatic rings. The van der Waals surface area contributed by atoms with Gasteiger partial charge in [0.25, 0.3) is 0 Å². The Morgan fingerprint density at radius 2 is 2.36 bits per heavy atom. The zero-order valence-corrected chi connectivity index (χ0v) is 8.79. The van der Waals surface area contributed by atoms with E-state index in [0.29, 0.717) is 6.54 Å². The molecule has 0 aromatic heterocycles. The van der Waals surface area contributed by atoms with E-state index < -0.39 is 0 Å². The fourth-order valence-electron chi connectivity index (χ4n) is 1.57. The minimum Gasteiger partial charge on any atom is -0.364 e. The van der Waals surface area contributed by atoms with Crippen LogP contribution in [0.2, 0.25) is 0 Å². The minimum absolute atomic E-state index is 0.0226. The van der Waals surface area contributed by atoms with Gasteiger partial charge in [0.05, 0.1) is 6.10 Å². The maximum Gasteiger partial charge on any atom is 0.249 e. The summed E-state index contributed by atoms with van der Waals surface area (Å²) in [6.07, 6.45) is 3.65. The molecule has 0 aliphatic carbocycles. The van der Waals surface area contributed by atoms with Crippen LogP contribution in [0.3, 0.4) is 0 Å². The molecule has 4 nitrogen and oxygen atoms in total. The van der Waals surface area contributed by atoms with E-state index >= 15 is 0 Å². The summed E-state index contributed by atoms with van der Waals surface area (Å²) in [7, 11) is 0. The predicted molar refractivity (Wildman–Crippen MR) is 54.9 cm³/mol. The average Bonchev–Trinajstić information content (AvgIpc) is 2.66. The van der Waals surface area contributed by atoms with Gasteiger partial charge in [-0.25, -0.2) is 0 Å². The zero-order valence-electron chi connectivity index (χ0n) is 8.79. The summed E-state index contributed by atoms with van der Waals surface area (Å²) >= 11 is 0. The van der Waals surface area contributed by atoms with Gasteiger partial charge in [0.15, 0.2) is 0 Å². The maximum absolute atomic E-state index is 11.5. The molecule has 0 spiro atoms. The van der Waals surface area contributed by atoms with E-state index in [9.17, 15) is 4.79 Å². The molecule has 0 aromatic carbocycles. The molecule has 3 N–H and O–H groups in total. The number of carbonyl (C=O) groups excluding carboxylic acids is 1. The number of nitrogens with two attached hydrogens (primary N) is 1. The average molecular weight is 200 g/mol. The molecule has 0 bridgehead atoms. The standard InChI is InChI=1S/C10H20N2O2/c1-2-3-6-12-10(13)9-5-4-8(7-11)14-9/h8-9H,2-7,11H2,1H3,(H,12,13)/t8-,9+/m1/s1. The largest absolute Gasteiger partial charge is 0.364 e. The third-order valence-electron chi connectivity index (χ3n) is 2.49. The molecule has 1 amide bonds. The second-order valence-electron chi connectivity index (χ2n) is 3.70. The van der Waals surface area contributed by atoms with Gasteiger partial charge in [0.1, 0.15) is 6.10 Å². The molecule has 82 valence electrons. The third-order valence-corrected chi connectivity index (χ3v) is 2.49. The Morgan fingerprint density at radius 1 is 1.57 bits per heavy atom. The molecule has 14 heavy (non-hydrogen) atoms. The van der Waals surface area contributed by atoms with Crippen LogP contribution in [0.15, 0.2) is 0 Å². The molecule has 2 atom stereocenters. The smallest absolute Gasteiger partial charge is 0.249 e. The van der Waals surface area contributed by atoms with Crippen molar-refractivity contribution in [3.63, 3.8) is 0 Å². The summed E-state index contributed by atoms with van der Waals surface area (Å²) in [6, 6.07) is 0. The number of ether oxygens (including phenoxy) is 1. The van der Waals surface area contributed by atoms with Crippen molar-refractivity contribution in [1.82, 2.24) is 5.32 Å². The topological polar surface area (TPSA) is 64.4 Å². The maximum atomic E-state index is 11.5. The van der Waals surface area contributed by atoms with Crippen LogP contribution >= 0.6 is 0 Å². The first-order chi connectivity index (χ1) is 6.77. The Kier molecular flexibility index (Phi) is 4.90. The van der Waals surface area contributed by atoms with Crippen LogP contribution in [-0.4, -0.2) is 31.2 Å². The van der Waals surface area contributed by atoms with Gasteiger partial charge in [-0.2, -0.15) is 0 Å². The molecule has 1 aliphatic rings. The number of carbonyl (C=O) groups is 1. The van der Waals surface area contributed by atoms with Crippen molar-refractivity contribution in [2.75, 3.05) is 13.1 Å². The molecule has 4 heteroatoms. The van der Waals surface area contributed by atoms with Gasteiger partial charge >= 0.3 is 0 Å². The molecule has 0 saturated carbocycles. The fraction of sp³-hybridized carbons (Fsp3) is 0.900. The third kappa shape index (κ3) is 3.27. The quantitative estimate of drug-likeness (QED) is 0.632. The van der Waals surface area contributed by atoms with E-state index in [4.69, 9.17) is 10.5 Å². The van der Waals surface area contributed by atoms with Gasteiger partial charge in [-0.1, -0.05) is 13.3 Å². The monoisotopic (exact) mass is 200 g/mol. The second kappa shape index (κ2) is 5.98. The predicted octanol–water partition coefficient (Wildman–Crippen LogP) is 0.409. The number of hydrogen-bond donors (Lipinski definition) is 2. The highest BCUT2D eigenvalue weighted by atomic mass is 16.5. The summed E-state index contributed by atoms with van der Waals surface area (Å²) in [5.41, 5.74) is 5.46. The number of rotatable bonds is 5. The molecule has 0 unspecified atom stereocenters. The highest BCUT2D eigenvalue weighted by molar-refractivity contribution is 5.80. The van der Waals surface area contributed by atoms with Gasteiger partial charge < -0.3 is 15.8 Å². The highest BCUT2D eigenvalue weighted by Crippen LogP contribution is 2.18. The SMILES string of the molecule is CCCCNC(=O)[C@@H]1CC[C@H](CN)O1. The minimum atomic E-state index is -0.264. The number of nitrogens with one attached hydrogen (secondary N) is 1. The van der Waals surface area contributed by atoms with Crippen molar-refractivity contribution in [3.8, 4) is 0 Å². The highest BCUT2D eigenvalue weighted by Gasteiger charge is 2.29. The van der Waals surface area contributed by atoms with E-state index in [1.165, 1.54) is 0 Å². The Balaban J connectivity index is 2.18. The van der Waals surface area contributed by atoms with E-state index in [1.807, 2.05) is 0 Å². The summed E-state index contributed by atoms with van der Waals surface area (Å²) in [5.74, 6) is 0.0226. The lowest BCUT2D eigenvalue weighted by atomic mass is 10.2. The number of amides is 1. The van der Waals surface area contributed by atoms with Gasteiger partial charge in [-0.15, -0.1) is 0 Å². The summed E-state index contributed by atoms with van der Waals surface area (Å²) < 4.78 is 5.47. The Labute approximate surface area is 85.2 Å². The van der Waals surface area contributed by atoms with E-state index in [2.05, 4.69) is 12.2 Å². The molecule has 1 aliphatic heterocycles. The van der Waals surface area contributed by atoms with Crippen molar-refractivity contribution < 1.29 is 9.53 Å². The van der Waals surface area contributed by atoms with Crippen LogP contribution in [0, 0.1) is 0 Å². The Hall–Kier alpha value is -0.610. The fourth-order valence-corrected chi connectivity index (χ4v) is 1.57. The van der Waals surface area contributed by atoms with Crippen molar-refractivity contribution in [3.05, 3.63) is 0 Å². The molecule has 1 heterocycles. The molecular formula is C10H20N2O2. The van der Waals surface area contributed by atoms with Gasteiger partial charge in [0, 0.05) is 13.1 Å². The van der Waals surface area contributed by atoms with Crippen LogP contribution in [0.4, 0.5) is 0 Å². The molecular weight excluding hydrogens is 180 g/mol. The number of unbranched alkanes of at least 4 members (excludes halogenated alkanes) is 1. The Bertz CT molecular complexity index is 185. The van der Waals surface area contributed by atoms with Crippen molar-refractivity contribution in [2.45, 2.75) is 44.8 Å². The van der Waals surface area contributed by atoms with Gasteiger partial charge in [0.2, 0.25) is 5.91 Å². The van der Waals surface area contributed by atoms with Crippen LogP contribution in [0.5, 0.6) is 0 Å². The van der Waals surface area contributed by atoms with E-state index in [0.717, 1.165) is 32.2 Å². The zero-order chi connectivity index (χ0) is 10.4. The van der Waals surface area contributed by atoms with Crippen LogP contribution in [0.1, 0.15) is 32.6 Å². The summed E-state index contributed by atoms with van der Waals surface area (Å²) in [4.78, 5) is 11.5. The van der Waals surface area contributed by atoms with E-state index in [-0.39, 0.29) is 18.1 Å². The first kappa shape index (κ1) is 11.5. The molecule has 1 fully saturated rings. The normalized spacial score (nSPS) is 26.4. The lowest BCUT2D eigenvalue weighted by molar-refractivity contribution is -0.131. The van der Waals surface area contributed by atoms with Gasteiger partial charge in [-0.3, -0.25) is 4.79 Å². The van der Waals surface area contributed by atoms with Crippen LogP contribution < -0.4 is 11.1 Å². The lowest BCUT2D eigenvalue weighted by Crippen LogP contribution is -2.35. The first-order valence-corrected chi connectivity index (χ1v) is 5.41. The number of hydrogen-bond acceptors (Lipinski definition) is 3. The second-order valence-corrected chi connectivity index (χ2v) is 3.70.